The first kappa shape index (κ1) is 25.1. The molecule has 1 fully saturated rings. The number of likely N-dealkylation sites (tertiary alicyclic amines) is 1. The molecule has 0 bridgehead atoms. The third-order valence-electron chi connectivity index (χ3n) is 6.53. The maximum atomic E-state index is 13.2. The molecule has 2 aromatic heterocycles. The van der Waals surface area contributed by atoms with Crippen LogP contribution in [-0.2, 0) is 16.1 Å². The van der Waals surface area contributed by atoms with Crippen LogP contribution in [0.4, 0.5) is 0 Å². The number of fused-ring (bicyclic) bond motifs is 1. The number of carbonyl (C=O) groups excluding carboxylic acids is 2. The predicted octanol–water partition coefficient (Wildman–Crippen LogP) is 4.07. The van der Waals surface area contributed by atoms with Crippen molar-refractivity contribution in [2.75, 3.05) is 27.3 Å². The van der Waals surface area contributed by atoms with Gasteiger partial charge in [0.05, 0.1) is 23.3 Å². The lowest BCUT2D eigenvalue weighted by Crippen LogP contribution is -2.47. The van der Waals surface area contributed by atoms with Gasteiger partial charge >= 0.3 is 0 Å². The third kappa shape index (κ3) is 5.31. The first-order valence-corrected chi connectivity index (χ1v) is 12.8. The summed E-state index contributed by atoms with van der Waals surface area (Å²) in [6, 6.07) is 9.97. The van der Waals surface area contributed by atoms with E-state index in [1.165, 1.54) is 11.3 Å². The number of rotatable bonds is 8. The highest BCUT2D eigenvalue weighted by Gasteiger charge is 2.30. The number of piperidine rings is 1. The van der Waals surface area contributed by atoms with E-state index in [1.807, 2.05) is 49.1 Å². The van der Waals surface area contributed by atoms with Gasteiger partial charge in [0.1, 0.15) is 11.4 Å². The van der Waals surface area contributed by atoms with Crippen molar-refractivity contribution in [2.24, 2.45) is 0 Å². The maximum absolute atomic E-state index is 13.2. The highest BCUT2D eigenvalue weighted by molar-refractivity contribution is 7.20. The third-order valence-corrected chi connectivity index (χ3v) is 7.71. The van der Waals surface area contributed by atoms with Crippen LogP contribution < -0.4 is 10.1 Å². The number of nitrogens with zero attached hydrogens (tertiary/aromatic N) is 3. The maximum Gasteiger partial charge on any atom is 0.261 e. The molecule has 2 amide bonds. The average Bonchev–Trinajstić information content (AvgIpc) is 3.21. The monoisotopic (exact) mass is 496 g/mol. The summed E-state index contributed by atoms with van der Waals surface area (Å²) in [5, 5.41) is 3.93. The van der Waals surface area contributed by atoms with Crippen LogP contribution in [0.3, 0.4) is 0 Å². The molecule has 0 aliphatic carbocycles. The molecular weight excluding hydrogens is 464 g/mol. The topological polar surface area (TPSA) is 93.7 Å². The van der Waals surface area contributed by atoms with Gasteiger partial charge in [-0.05, 0) is 37.3 Å². The fourth-order valence-corrected chi connectivity index (χ4v) is 5.75. The van der Waals surface area contributed by atoms with Crippen molar-refractivity contribution >= 4 is 33.4 Å². The zero-order chi connectivity index (χ0) is 24.9. The average molecular weight is 497 g/mol. The lowest BCUT2D eigenvalue weighted by Gasteiger charge is -2.34. The molecule has 3 heterocycles. The van der Waals surface area contributed by atoms with Crippen molar-refractivity contribution in [3.8, 4) is 5.88 Å². The molecule has 0 radical (unpaired) electrons. The summed E-state index contributed by atoms with van der Waals surface area (Å²) in [6.07, 6.45) is 2.23. The number of aryl methyl sites for hydroxylation is 1. The zero-order valence-corrected chi connectivity index (χ0v) is 21.5. The Hall–Kier alpha value is -3.04. The van der Waals surface area contributed by atoms with Crippen molar-refractivity contribution in [1.29, 1.82) is 0 Å². The second kappa shape index (κ2) is 11.1. The van der Waals surface area contributed by atoms with Crippen LogP contribution in [0.2, 0.25) is 0 Å². The van der Waals surface area contributed by atoms with Gasteiger partial charge in [-0.3, -0.25) is 9.59 Å². The molecule has 3 aromatic rings. The minimum atomic E-state index is -0.124. The van der Waals surface area contributed by atoms with Gasteiger partial charge in [-0.25, -0.2) is 4.98 Å². The summed E-state index contributed by atoms with van der Waals surface area (Å²) in [7, 11) is 3.15. The van der Waals surface area contributed by atoms with Gasteiger partial charge in [-0.15, -0.1) is 11.3 Å². The van der Waals surface area contributed by atoms with E-state index in [9.17, 15) is 9.59 Å². The van der Waals surface area contributed by atoms with Crippen LogP contribution in [0.1, 0.15) is 58.7 Å². The summed E-state index contributed by atoms with van der Waals surface area (Å²) in [5.74, 6) is 0.888. The highest BCUT2D eigenvalue weighted by Crippen LogP contribution is 2.35. The van der Waals surface area contributed by atoms with Gasteiger partial charge in [0.25, 0.3) is 5.91 Å². The van der Waals surface area contributed by atoms with E-state index in [1.54, 1.807) is 14.2 Å². The van der Waals surface area contributed by atoms with Gasteiger partial charge in [0, 0.05) is 26.2 Å². The molecule has 8 nitrogen and oxygen atoms in total. The molecule has 1 aromatic carbocycles. The van der Waals surface area contributed by atoms with Gasteiger partial charge in [0.15, 0.2) is 5.82 Å². The number of methoxy groups -OCH3 is 2. The molecule has 186 valence electrons. The van der Waals surface area contributed by atoms with E-state index in [0.29, 0.717) is 34.5 Å². The minimum absolute atomic E-state index is 0.0185. The van der Waals surface area contributed by atoms with Crippen molar-refractivity contribution < 1.29 is 19.1 Å². The Morgan fingerprint density at radius 1 is 1.17 bits per heavy atom. The second-order valence-electron chi connectivity index (χ2n) is 8.76. The van der Waals surface area contributed by atoms with E-state index in [0.717, 1.165) is 35.8 Å². The van der Waals surface area contributed by atoms with Gasteiger partial charge < -0.3 is 19.7 Å². The lowest BCUT2D eigenvalue weighted by atomic mass is 9.93. The van der Waals surface area contributed by atoms with E-state index in [2.05, 4.69) is 15.3 Å². The van der Waals surface area contributed by atoms with Crippen LogP contribution in [0, 0.1) is 6.92 Å². The Morgan fingerprint density at radius 3 is 2.51 bits per heavy atom. The Balaban J connectivity index is 1.42. The molecule has 35 heavy (non-hydrogen) atoms. The summed E-state index contributed by atoms with van der Waals surface area (Å²) >= 11 is 1.34. The van der Waals surface area contributed by atoms with Crippen molar-refractivity contribution in [1.82, 2.24) is 20.2 Å². The fraction of sp³-hybridized carbons (Fsp3) is 0.462. The van der Waals surface area contributed by atoms with Gasteiger partial charge in [-0.2, -0.15) is 4.98 Å². The van der Waals surface area contributed by atoms with Crippen LogP contribution in [0.5, 0.6) is 5.88 Å². The number of hydrogen-bond acceptors (Lipinski definition) is 7. The van der Waals surface area contributed by atoms with Crippen molar-refractivity contribution in [2.45, 2.75) is 51.7 Å². The molecular formula is C26H32N4O4S. The van der Waals surface area contributed by atoms with Crippen LogP contribution in [0.25, 0.3) is 10.2 Å². The van der Waals surface area contributed by atoms with E-state index in [4.69, 9.17) is 9.47 Å². The minimum Gasteiger partial charge on any atom is -0.480 e. The SMILES string of the molecule is CCC(C(=O)N1CCC(NC(=O)c2sc3nc(COC)nc(OC)c3c2C)CC1)c1ccccc1. The smallest absolute Gasteiger partial charge is 0.261 e. The molecule has 1 atom stereocenters. The molecule has 1 saturated heterocycles. The van der Waals surface area contributed by atoms with Crippen LogP contribution in [-0.4, -0.2) is 60.0 Å². The van der Waals surface area contributed by atoms with Crippen molar-refractivity contribution in [3.05, 3.63) is 52.2 Å². The second-order valence-corrected chi connectivity index (χ2v) is 9.76. The molecule has 0 spiro atoms. The van der Waals surface area contributed by atoms with E-state index < -0.39 is 0 Å². The molecule has 4 rings (SSSR count). The molecule has 1 N–H and O–H groups in total. The number of thiophene rings is 1. The van der Waals surface area contributed by atoms with Gasteiger partial charge in [-0.1, -0.05) is 37.3 Å². The normalized spacial score (nSPS) is 15.3. The number of hydrogen-bond donors (Lipinski definition) is 1. The Bertz CT molecular complexity index is 1190. The highest BCUT2D eigenvalue weighted by atomic mass is 32.1. The fourth-order valence-electron chi connectivity index (χ4n) is 4.66. The number of ether oxygens (including phenoxy) is 2. The van der Waals surface area contributed by atoms with Gasteiger partial charge in [0.2, 0.25) is 11.8 Å². The predicted molar refractivity (Wildman–Crippen MR) is 136 cm³/mol. The number of nitrogens with one attached hydrogen (secondary N) is 1. The number of benzene rings is 1. The first-order chi connectivity index (χ1) is 17.0. The standard InChI is InChI=1S/C26H32N4O4S/c1-5-19(17-9-7-6-8-10-17)26(32)30-13-11-18(12-14-30)27-23(31)22-16(2)21-24(34-4)28-20(15-33-3)29-25(21)35-22/h6-10,18-19H,5,11-15H2,1-4H3,(H,27,31). The number of carbonyl (C=O) groups is 2. The molecule has 0 saturated carbocycles. The molecule has 1 unspecified atom stereocenters. The Morgan fingerprint density at radius 2 is 1.89 bits per heavy atom. The largest absolute Gasteiger partial charge is 0.480 e. The van der Waals surface area contributed by atoms with Crippen molar-refractivity contribution in [3.63, 3.8) is 0 Å². The van der Waals surface area contributed by atoms with E-state index in [-0.39, 0.29) is 30.4 Å². The lowest BCUT2D eigenvalue weighted by molar-refractivity contribution is -0.134. The van der Waals surface area contributed by atoms with Crippen LogP contribution >= 0.6 is 11.3 Å². The summed E-state index contributed by atoms with van der Waals surface area (Å²) in [5.41, 5.74) is 1.87. The summed E-state index contributed by atoms with van der Waals surface area (Å²) in [4.78, 5) is 38.5. The Kier molecular flexibility index (Phi) is 7.97. The first-order valence-electron chi connectivity index (χ1n) is 11.9. The number of aromatic nitrogens is 2. The quantitative estimate of drug-likeness (QED) is 0.505. The summed E-state index contributed by atoms with van der Waals surface area (Å²) in [6.45, 7) is 5.49. The zero-order valence-electron chi connectivity index (χ0n) is 20.7. The molecule has 9 heteroatoms. The summed E-state index contributed by atoms with van der Waals surface area (Å²) < 4.78 is 10.6. The molecule has 1 aliphatic heterocycles. The van der Waals surface area contributed by atoms with E-state index >= 15 is 0 Å². The Labute approximate surface area is 209 Å². The van der Waals surface area contributed by atoms with Crippen LogP contribution in [0.15, 0.2) is 30.3 Å². The number of amides is 2. The molecule has 1 aliphatic rings.